The standard InChI is InChI=1S/C23H28N4OS/c1-5-17-7-13-20(14-8-17)24-21(28)15-29-23-26-25-22(27(23)6-2)19-11-9-18(10-12-19)16(3)4/h7-14,16H,5-6,15H2,1-4H3,(H,24,28). The van der Waals surface area contributed by atoms with E-state index >= 15 is 0 Å². The maximum absolute atomic E-state index is 12.3. The number of carbonyl (C=O) groups is 1. The van der Waals surface area contributed by atoms with Crippen molar-refractivity contribution in [1.29, 1.82) is 0 Å². The van der Waals surface area contributed by atoms with Crippen LogP contribution in [0.25, 0.3) is 11.4 Å². The van der Waals surface area contributed by atoms with E-state index in [4.69, 9.17) is 0 Å². The van der Waals surface area contributed by atoms with E-state index < -0.39 is 0 Å². The third-order valence-electron chi connectivity index (χ3n) is 4.85. The molecular weight excluding hydrogens is 380 g/mol. The number of amides is 1. The van der Waals surface area contributed by atoms with Crippen LogP contribution < -0.4 is 5.32 Å². The second-order valence-electron chi connectivity index (χ2n) is 7.21. The Hall–Kier alpha value is -2.60. The zero-order valence-corrected chi connectivity index (χ0v) is 18.3. The zero-order chi connectivity index (χ0) is 20.8. The highest BCUT2D eigenvalue weighted by atomic mass is 32.2. The van der Waals surface area contributed by atoms with Crippen LogP contribution in [-0.4, -0.2) is 26.4 Å². The average molecular weight is 409 g/mol. The number of aromatic nitrogens is 3. The largest absolute Gasteiger partial charge is 0.325 e. The van der Waals surface area contributed by atoms with Gasteiger partial charge in [-0.2, -0.15) is 0 Å². The molecule has 0 radical (unpaired) electrons. The molecule has 2 aromatic carbocycles. The molecule has 152 valence electrons. The van der Waals surface area contributed by atoms with Gasteiger partial charge in [0.15, 0.2) is 11.0 Å². The van der Waals surface area contributed by atoms with E-state index in [0.717, 1.165) is 35.2 Å². The molecule has 0 aliphatic carbocycles. The first-order valence-corrected chi connectivity index (χ1v) is 11.1. The number of anilines is 1. The van der Waals surface area contributed by atoms with E-state index in [9.17, 15) is 4.79 Å². The fraction of sp³-hybridized carbons (Fsp3) is 0.348. The monoisotopic (exact) mass is 408 g/mol. The van der Waals surface area contributed by atoms with Gasteiger partial charge in [0.1, 0.15) is 0 Å². The molecule has 0 saturated carbocycles. The van der Waals surface area contributed by atoms with Gasteiger partial charge < -0.3 is 9.88 Å². The summed E-state index contributed by atoms with van der Waals surface area (Å²) in [5.74, 6) is 1.57. The number of benzene rings is 2. The fourth-order valence-electron chi connectivity index (χ4n) is 3.06. The average Bonchev–Trinajstić information content (AvgIpc) is 3.15. The number of aryl methyl sites for hydroxylation is 1. The van der Waals surface area contributed by atoms with E-state index in [2.05, 4.69) is 72.0 Å². The second kappa shape index (κ2) is 9.74. The van der Waals surface area contributed by atoms with E-state index in [1.165, 1.54) is 22.9 Å². The summed E-state index contributed by atoms with van der Waals surface area (Å²) in [5, 5.41) is 12.4. The van der Waals surface area contributed by atoms with E-state index in [-0.39, 0.29) is 5.91 Å². The van der Waals surface area contributed by atoms with Gasteiger partial charge in [-0.05, 0) is 42.5 Å². The Morgan fingerprint density at radius 1 is 1.03 bits per heavy atom. The molecule has 1 amide bonds. The Morgan fingerprint density at radius 3 is 2.31 bits per heavy atom. The van der Waals surface area contributed by atoms with Crippen molar-refractivity contribution in [3.8, 4) is 11.4 Å². The Bertz CT molecular complexity index is 946. The van der Waals surface area contributed by atoms with Gasteiger partial charge in [-0.25, -0.2) is 0 Å². The minimum Gasteiger partial charge on any atom is -0.325 e. The van der Waals surface area contributed by atoms with Gasteiger partial charge in [-0.1, -0.05) is 68.9 Å². The van der Waals surface area contributed by atoms with Crippen LogP contribution in [-0.2, 0) is 17.8 Å². The third-order valence-corrected chi connectivity index (χ3v) is 5.81. The predicted molar refractivity (Wildman–Crippen MR) is 120 cm³/mol. The van der Waals surface area contributed by atoms with Crippen LogP contribution in [0.1, 0.15) is 44.7 Å². The molecule has 5 nitrogen and oxygen atoms in total. The van der Waals surface area contributed by atoms with E-state index in [0.29, 0.717) is 11.7 Å². The lowest BCUT2D eigenvalue weighted by molar-refractivity contribution is -0.113. The van der Waals surface area contributed by atoms with Crippen molar-refractivity contribution >= 4 is 23.4 Å². The number of hydrogen-bond acceptors (Lipinski definition) is 4. The minimum atomic E-state index is -0.0484. The normalized spacial score (nSPS) is 11.1. The van der Waals surface area contributed by atoms with Crippen molar-refractivity contribution in [3.63, 3.8) is 0 Å². The van der Waals surface area contributed by atoms with Gasteiger partial charge in [-0.3, -0.25) is 4.79 Å². The molecule has 0 aliphatic heterocycles. The number of hydrogen-bond donors (Lipinski definition) is 1. The Kier molecular flexibility index (Phi) is 7.09. The first-order chi connectivity index (χ1) is 14.0. The van der Waals surface area contributed by atoms with Gasteiger partial charge in [0.2, 0.25) is 5.91 Å². The van der Waals surface area contributed by atoms with Crippen molar-refractivity contribution in [1.82, 2.24) is 14.8 Å². The Balaban J connectivity index is 1.65. The van der Waals surface area contributed by atoms with E-state index in [1.54, 1.807) is 0 Å². The lowest BCUT2D eigenvalue weighted by Gasteiger charge is -2.09. The predicted octanol–water partition coefficient (Wildman–Crippen LogP) is 5.38. The molecule has 0 bridgehead atoms. The topological polar surface area (TPSA) is 59.8 Å². The second-order valence-corrected chi connectivity index (χ2v) is 8.16. The summed E-state index contributed by atoms with van der Waals surface area (Å²) >= 11 is 1.41. The number of thioether (sulfide) groups is 1. The van der Waals surface area contributed by atoms with Crippen molar-refractivity contribution in [2.45, 2.75) is 51.7 Å². The molecule has 0 fully saturated rings. The molecule has 1 heterocycles. The Labute approximate surface area is 176 Å². The summed E-state index contributed by atoms with van der Waals surface area (Å²) in [5.41, 5.74) is 4.41. The Morgan fingerprint density at radius 2 is 1.72 bits per heavy atom. The van der Waals surface area contributed by atoms with E-state index in [1.807, 2.05) is 24.3 Å². The molecule has 3 rings (SSSR count). The maximum atomic E-state index is 12.3. The smallest absolute Gasteiger partial charge is 0.234 e. The van der Waals surface area contributed by atoms with Crippen LogP contribution in [0.3, 0.4) is 0 Å². The number of nitrogens with one attached hydrogen (secondary N) is 1. The molecule has 29 heavy (non-hydrogen) atoms. The zero-order valence-electron chi connectivity index (χ0n) is 17.5. The molecule has 0 aliphatic rings. The lowest BCUT2D eigenvalue weighted by atomic mass is 10.0. The first kappa shape index (κ1) is 21.1. The molecule has 6 heteroatoms. The first-order valence-electron chi connectivity index (χ1n) is 10.1. The van der Waals surface area contributed by atoms with Crippen molar-refractivity contribution in [3.05, 3.63) is 59.7 Å². The van der Waals surface area contributed by atoms with Crippen LogP contribution in [0.5, 0.6) is 0 Å². The van der Waals surface area contributed by atoms with Crippen LogP contribution in [0.2, 0.25) is 0 Å². The summed E-state index contributed by atoms with van der Waals surface area (Å²) in [7, 11) is 0. The summed E-state index contributed by atoms with van der Waals surface area (Å²) < 4.78 is 2.05. The molecule has 0 saturated heterocycles. The van der Waals surface area contributed by atoms with Gasteiger partial charge in [-0.15, -0.1) is 10.2 Å². The fourth-order valence-corrected chi connectivity index (χ4v) is 3.86. The molecular formula is C23H28N4OS. The lowest BCUT2D eigenvalue weighted by Crippen LogP contribution is -2.14. The van der Waals surface area contributed by atoms with Crippen molar-refractivity contribution in [2.24, 2.45) is 0 Å². The summed E-state index contributed by atoms with van der Waals surface area (Å²) in [6.07, 6.45) is 0.985. The van der Waals surface area contributed by atoms with Crippen LogP contribution in [0.4, 0.5) is 5.69 Å². The van der Waals surface area contributed by atoms with Gasteiger partial charge >= 0.3 is 0 Å². The number of nitrogens with zero attached hydrogens (tertiary/aromatic N) is 3. The summed E-state index contributed by atoms with van der Waals surface area (Å²) in [4.78, 5) is 12.3. The molecule has 1 N–H and O–H groups in total. The maximum Gasteiger partial charge on any atom is 0.234 e. The molecule has 3 aromatic rings. The van der Waals surface area contributed by atoms with Crippen LogP contribution >= 0.6 is 11.8 Å². The van der Waals surface area contributed by atoms with Gasteiger partial charge in [0.25, 0.3) is 0 Å². The molecule has 0 unspecified atom stereocenters. The SMILES string of the molecule is CCc1ccc(NC(=O)CSc2nnc(-c3ccc(C(C)C)cc3)n2CC)cc1. The highest BCUT2D eigenvalue weighted by molar-refractivity contribution is 7.99. The summed E-state index contributed by atoms with van der Waals surface area (Å²) in [6, 6.07) is 16.4. The minimum absolute atomic E-state index is 0.0484. The van der Waals surface area contributed by atoms with Gasteiger partial charge in [0, 0.05) is 17.8 Å². The molecule has 0 spiro atoms. The highest BCUT2D eigenvalue weighted by Gasteiger charge is 2.15. The number of rotatable bonds is 8. The van der Waals surface area contributed by atoms with Crippen molar-refractivity contribution < 1.29 is 4.79 Å². The van der Waals surface area contributed by atoms with Crippen molar-refractivity contribution in [2.75, 3.05) is 11.1 Å². The van der Waals surface area contributed by atoms with Crippen LogP contribution in [0, 0.1) is 0 Å². The quantitative estimate of drug-likeness (QED) is 0.508. The summed E-state index contributed by atoms with van der Waals surface area (Å²) in [6.45, 7) is 9.29. The molecule has 1 aromatic heterocycles. The van der Waals surface area contributed by atoms with Gasteiger partial charge in [0.05, 0.1) is 5.75 Å². The molecule has 0 atom stereocenters. The number of carbonyl (C=O) groups excluding carboxylic acids is 1. The van der Waals surface area contributed by atoms with Crippen LogP contribution in [0.15, 0.2) is 53.7 Å². The highest BCUT2D eigenvalue weighted by Crippen LogP contribution is 2.25. The third kappa shape index (κ3) is 5.26.